The van der Waals surface area contributed by atoms with Gasteiger partial charge >= 0.3 is 23.6 Å². The number of primary amides is 1. The summed E-state index contributed by atoms with van der Waals surface area (Å²) in [5, 5.41) is 0. The van der Waals surface area contributed by atoms with Crippen molar-refractivity contribution in [3.05, 3.63) is 0 Å². The van der Waals surface area contributed by atoms with E-state index in [9.17, 15) is 4.79 Å². The average Bonchev–Trinajstić information content (AvgIpc) is 2.73. The van der Waals surface area contributed by atoms with Crippen LogP contribution in [0, 0.1) is 0 Å². The largest absolute Gasteiger partial charge is 0.503 e. The van der Waals surface area contributed by atoms with Crippen LogP contribution in [0.1, 0.15) is 68.2 Å². The van der Waals surface area contributed by atoms with Crippen molar-refractivity contribution in [3.63, 3.8) is 0 Å². The molecule has 0 aliphatic carbocycles. The van der Waals surface area contributed by atoms with Gasteiger partial charge in [0.05, 0.1) is 0 Å². The lowest BCUT2D eigenvalue weighted by Gasteiger charge is -2.41. The summed E-state index contributed by atoms with van der Waals surface area (Å²) in [6.07, 6.45) is 1.38. The second-order valence-electron chi connectivity index (χ2n) is 7.24. The van der Waals surface area contributed by atoms with E-state index >= 15 is 0 Å². The maximum absolute atomic E-state index is 12.8. The zero-order chi connectivity index (χ0) is 24.6. The molecule has 0 radical (unpaired) electrons. The summed E-state index contributed by atoms with van der Waals surface area (Å²) in [5.74, 6) is 0. The van der Waals surface area contributed by atoms with Crippen molar-refractivity contribution in [1.82, 2.24) is 4.90 Å². The Bertz CT molecular complexity index is 433. The normalized spacial score (nSPS) is 14.4. The molecule has 0 aromatic carbocycles. The standard InChI is InChI=1S/C21H48N2O7Si2/c1-9-19(17-31(25-11-3,26-12-4)27-13-5)23(21(22)24)20(10-2)18-32(28-14-6,29-15-7)30-16-8/h19-20H,9-18H2,1-8H3,(H2,22,24). The van der Waals surface area contributed by atoms with Crippen molar-refractivity contribution in [2.45, 2.75) is 92.4 Å². The van der Waals surface area contributed by atoms with Gasteiger partial charge in [-0.15, -0.1) is 0 Å². The Morgan fingerprint density at radius 3 is 1.03 bits per heavy atom. The SMILES string of the molecule is CCO[Si](CC(CC)N(C(N)=O)C(CC)C[Si](OCC)(OCC)OCC)(OCC)OCC. The van der Waals surface area contributed by atoms with E-state index in [-0.39, 0.29) is 12.1 Å². The molecule has 0 rings (SSSR count). The number of rotatable bonds is 20. The topological polar surface area (TPSA) is 102 Å². The highest BCUT2D eigenvalue weighted by Crippen LogP contribution is 2.29. The maximum atomic E-state index is 12.8. The van der Waals surface area contributed by atoms with E-state index in [0.717, 1.165) is 0 Å². The van der Waals surface area contributed by atoms with Crippen LogP contribution in [-0.2, 0) is 26.6 Å². The van der Waals surface area contributed by atoms with E-state index in [2.05, 4.69) is 0 Å². The summed E-state index contributed by atoms with van der Waals surface area (Å²) in [6.45, 7) is 18.5. The Kier molecular flexibility index (Phi) is 16.7. The molecule has 0 aliphatic rings. The third-order valence-electron chi connectivity index (χ3n) is 5.14. The number of nitrogens with two attached hydrogens (primary N) is 1. The van der Waals surface area contributed by atoms with Crippen LogP contribution in [0.25, 0.3) is 0 Å². The summed E-state index contributed by atoms with van der Waals surface area (Å²) in [6, 6.07) is 0.0646. The molecule has 0 heterocycles. The van der Waals surface area contributed by atoms with E-state index in [0.29, 0.717) is 64.6 Å². The van der Waals surface area contributed by atoms with Crippen LogP contribution in [0.15, 0.2) is 0 Å². The van der Waals surface area contributed by atoms with Gasteiger partial charge in [-0.2, -0.15) is 0 Å². The molecule has 2 atom stereocenters. The number of urea groups is 1. The zero-order valence-electron chi connectivity index (χ0n) is 21.6. The Labute approximate surface area is 197 Å². The fourth-order valence-corrected chi connectivity index (χ4v) is 10.0. The molecule has 2 amide bonds. The molecule has 2 unspecified atom stereocenters. The average molecular weight is 497 g/mol. The summed E-state index contributed by atoms with van der Waals surface area (Å²) < 4.78 is 36.3. The van der Waals surface area contributed by atoms with Crippen LogP contribution >= 0.6 is 0 Å². The minimum Gasteiger partial charge on any atom is -0.374 e. The van der Waals surface area contributed by atoms with Crippen LogP contribution in [0.5, 0.6) is 0 Å². The van der Waals surface area contributed by atoms with Crippen molar-refractivity contribution in [3.8, 4) is 0 Å². The van der Waals surface area contributed by atoms with Crippen molar-refractivity contribution >= 4 is 23.6 Å². The molecule has 192 valence electrons. The minimum absolute atomic E-state index is 0.203. The molecule has 2 N–H and O–H groups in total. The zero-order valence-corrected chi connectivity index (χ0v) is 23.6. The highest BCUT2D eigenvalue weighted by atomic mass is 28.4. The molecule has 0 aliphatic heterocycles. The van der Waals surface area contributed by atoms with Gasteiger partial charge in [0.1, 0.15) is 0 Å². The molecular formula is C21H48N2O7Si2. The van der Waals surface area contributed by atoms with Gasteiger partial charge in [-0.3, -0.25) is 0 Å². The summed E-state index contributed by atoms with van der Waals surface area (Å²) >= 11 is 0. The summed E-state index contributed by atoms with van der Waals surface area (Å²) in [7, 11) is -5.97. The Hall–Kier alpha value is -0.536. The van der Waals surface area contributed by atoms with Crippen LogP contribution in [0.3, 0.4) is 0 Å². The molecule has 0 bridgehead atoms. The first-order chi connectivity index (χ1) is 15.3. The van der Waals surface area contributed by atoms with Crippen LogP contribution < -0.4 is 5.73 Å². The number of nitrogens with zero attached hydrogens (tertiary/aromatic N) is 1. The lowest BCUT2D eigenvalue weighted by molar-refractivity contribution is 0.0526. The monoisotopic (exact) mass is 496 g/mol. The van der Waals surface area contributed by atoms with Crippen LogP contribution in [0.4, 0.5) is 4.79 Å². The third kappa shape index (κ3) is 9.76. The van der Waals surface area contributed by atoms with E-state index < -0.39 is 23.6 Å². The summed E-state index contributed by atoms with van der Waals surface area (Å²) in [4.78, 5) is 14.5. The lowest BCUT2D eigenvalue weighted by Crippen LogP contribution is -2.58. The fraction of sp³-hybridized carbons (Fsp3) is 0.952. The summed E-state index contributed by atoms with van der Waals surface area (Å²) in [5.41, 5.74) is 5.94. The molecule has 0 aromatic rings. The number of hydrogen-bond acceptors (Lipinski definition) is 7. The molecule has 32 heavy (non-hydrogen) atoms. The van der Waals surface area contributed by atoms with Gasteiger partial charge in [0.15, 0.2) is 0 Å². The minimum atomic E-state index is -2.98. The van der Waals surface area contributed by atoms with E-state index in [1.807, 2.05) is 55.4 Å². The quantitative estimate of drug-likeness (QED) is 0.254. The molecule has 0 fully saturated rings. The third-order valence-corrected chi connectivity index (χ3v) is 11.5. The maximum Gasteiger partial charge on any atom is 0.503 e. The Morgan fingerprint density at radius 2 is 0.875 bits per heavy atom. The van der Waals surface area contributed by atoms with Gasteiger partial charge in [0, 0.05) is 63.8 Å². The highest BCUT2D eigenvalue weighted by Gasteiger charge is 2.48. The number of carbonyl (C=O) groups is 1. The lowest BCUT2D eigenvalue weighted by atomic mass is 10.1. The fourth-order valence-electron chi connectivity index (χ4n) is 4.04. The van der Waals surface area contributed by atoms with Crippen LogP contribution in [0.2, 0.25) is 12.1 Å². The van der Waals surface area contributed by atoms with Gasteiger partial charge in [-0.1, -0.05) is 13.8 Å². The molecular weight excluding hydrogens is 448 g/mol. The molecule has 0 spiro atoms. The van der Waals surface area contributed by atoms with Crippen LogP contribution in [-0.4, -0.2) is 80.3 Å². The van der Waals surface area contributed by atoms with Crippen molar-refractivity contribution < 1.29 is 31.4 Å². The predicted octanol–water partition coefficient (Wildman–Crippen LogP) is 4.02. The van der Waals surface area contributed by atoms with Crippen molar-refractivity contribution in [2.24, 2.45) is 5.73 Å². The first-order valence-electron chi connectivity index (χ1n) is 12.2. The number of amides is 2. The first kappa shape index (κ1) is 31.5. The van der Waals surface area contributed by atoms with Gasteiger partial charge in [0.2, 0.25) is 0 Å². The van der Waals surface area contributed by atoms with E-state index in [1.165, 1.54) is 0 Å². The molecule has 0 aromatic heterocycles. The predicted molar refractivity (Wildman–Crippen MR) is 130 cm³/mol. The molecule has 0 saturated carbocycles. The van der Waals surface area contributed by atoms with Crippen molar-refractivity contribution in [1.29, 1.82) is 0 Å². The Balaban J connectivity index is 6.07. The van der Waals surface area contributed by atoms with Gasteiger partial charge in [-0.05, 0) is 54.4 Å². The molecule has 0 saturated heterocycles. The van der Waals surface area contributed by atoms with E-state index in [4.69, 9.17) is 32.3 Å². The molecule has 9 nitrogen and oxygen atoms in total. The highest BCUT2D eigenvalue weighted by molar-refractivity contribution is 6.61. The number of carbonyl (C=O) groups excluding carboxylic acids is 1. The van der Waals surface area contributed by atoms with Gasteiger partial charge in [0.25, 0.3) is 0 Å². The van der Waals surface area contributed by atoms with Gasteiger partial charge in [-0.25, -0.2) is 4.79 Å². The number of hydrogen-bond donors (Lipinski definition) is 1. The molecule has 11 heteroatoms. The van der Waals surface area contributed by atoms with Gasteiger partial charge < -0.3 is 37.2 Å². The smallest absolute Gasteiger partial charge is 0.374 e. The van der Waals surface area contributed by atoms with E-state index in [1.54, 1.807) is 4.90 Å². The first-order valence-corrected chi connectivity index (χ1v) is 16.1. The second-order valence-corrected chi connectivity index (χ2v) is 12.5. The Morgan fingerprint density at radius 1 is 0.625 bits per heavy atom. The second kappa shape index (κ2) is 17.0. The van der Waals surface area contributed by atoms with Crippen molar-refractivity contribution in [2.75, 3.05) is 39.6 Å².